The van der Waals surface area contributed by atoms with E-state index < -0.39 is 0 Å². The molecule has 0 unspecified atom stereocenters. The Morgan fingerprint density at radius 1 is 1.25 bits per heavy atom. The first kappa shape index (κ1) is 12.7. The summed E-state index contributed by atoms with van der Waals surface area (Å²) in [5.74, 6) is 0. The van der Waals surface area contributed by atoms with Crippen LogP contribution in [0.2, 0.25) is 0 Å². The van der Waals surface area contributed by atoms with Gasteiger partial charge in [0.05, 0.1) is 17.0 Å². The highest BCUT2D eigenvalue weighted by Crippen LogP contribution is 2.27. The summed E-state index contributed by atoms with van der Waals surface area (Å²) in [5, 5.41) is 16.3. The van der Waals surface area contributed by atoms with Crippen molar-refractivity contribution in [3.8, 4) is 16.6 Å². The molecule has 0 radical (unpaired) electrons. The van der Waals surface area contributed by atoms with Crippen molar-refractivity contribution < 1.29 is 0 Å². The van der Waals surface area contributed by atoms with Crippen LogP contribution in [0.3, 0.4) is 0 Å². The number of nitriles is 1. The molecule has 0 atom stereocenters. The molecule has 0 aliphatic rings. The number of aromatic nitrogens is 2. The zero-order chi connectivity index (χ0) is 13.8. The van der Waals surface area contributed by atoms with Gasteiger partial charge in [-0.25, -0.2) is 4.98 Å². The zero-order valence-corrected chi connectivity index (χ0v) is 12.0. The van der Waals surface area contributed by atoms with Crippen LogP contribution < -0.4 is 0 Å². The third kappa shape index (κ3) is 2.67. The monoisotopic (exact) mass is 295 g/mol. The Balaban J connectivity index is 1.94. The molecule has 96 valence electrons. The van der Waals surface area contributed by atoms with Crippen LogP contribution in [0.4, 0.5) is 0 Å². The Bertz CT molecular complexity index is 765. The Morgan fingerprint density at radius 2 is 2.20 bits per heavy atom. The highest BCUT2D eigenvalue weighted by molar-refractivity contribution is 7.14. The first-order chi connectivity index (χ1) is 9.86. The van der Waals surface area contributed by atoms with Gasteiger partial charge in [0.25, 0.3) is 0 Å². The molecule has 5 heteroatoms. The molecule has 0 saturated heterocycles. The quantitative estimate of drug-likeness (QED) is 0.676. The normalized spacial score (nSPS) is 11.2. The van der Waals surface area contributed by atoms with Crippen LogP contribution in [0.25, 0.3) is 22.2 Å². The third-order valence-electron chi connectivity index (χ3n) is 2.64. The van der Waals surface area contributed by atoms with Gasteiger partial charge in [0.1, 0.15) is 11.1 Å². The summed E-state index contributed by atoms with van der Waals surface area (Å²) in [6, 6.07) is 9.74. The van der Waals surface area contributed by atoms with Gasteiger partial charge in [-0.1, -0.05) is 6.07 Å². The minimum atomic E-state index is 0.521. The maximum atomic E-state index is 9.25. The highest BCUT2D eigenvalue weighted by Gasteiger charge is 2.06. The molecular formula is C15H9N3S2. The molecule has 0 spiro atoms. The molecule has 0 fully saturated rings. The van der Waals surface area contributed by atoms with Crippen molar-refractivity contribution in [2.75, 3.05) is 0 Å². The molecule has 3 aromatic heterocycles. The lowest BCUT2D eigenvalue weighted by Gasteiger charge is -1.95. The second-order valence-electron chi connectivity index (χ2n) is 3.97. The average Bonchev–Trinajstić information content (AvgIpc) is 3.16. The van der Waals surface area contributed by atoms with Crippen molar-refractivity contribution in [2.24, 2.45) is 0 Å². The first-order valence-corrected chi connectivity index (χ1v) is 7.70. The summed E-state index contributed by atoms with van der Waals surface area (Å²) in [7, 11) is 0. The fraction of sp³-hybridized carbons (Fsp3) is 0. The van der Waals surface area contributed by atoms with Gasteiger partial charge in [0.2, 0.25) is 0 Å². The van der Waals surface area contributed by atoms with Crippen molar-refractivity contribution in [3.63, 3.8) is 0 Å². The van der Waals surface area contributed by atoms with Gasteiger partial charge in [-0.3, -0.25) is 4.98 Å². The lowest BCUT2D eigenvalue weighted by Crippen LogP contribution is -1.86. The van der Waals surface area contributed by atoms with Crippen molar-refractivity contribution >= 4 is 34.3 Å². The third-order valence-corrected chi connectivity index (χ3v) is 4.24. The number of hydrogen-bond acceptors (Lipinski definition) is 5. The molecule has 0 aliphatic heterocycles. The summed E-state index contributed by atoms with van der Waals surface area (Å²) >= 11 is 3.22. The van der Waals surface area contributed by atoms with Crippen molar-refractivity contribution in [1.29, 1.82) is 5.26 Å². The minimum Gasteiger partial charge on any atom is -0.256 e. The van der Waals surface area contributed by atoms with E-state index in [1.54, 1.807) is 34.9 Å². The lowest BCUT2D eigenvalue weighted by atomic mass is 10.1. The summed E-state index contributed by atoms with van der Waals surface area (Å²) in [5.41, 5.74) is 3.10. The Hall–Kier alpha value is -2.29. The summed E-state index contributed by atoms with van der Waals surface area (Å²) < 4.78 is 0. The van der Waals surface area contributed by atoms with Crippen molar-refractivity contribution in [3.05, 3.63) is 58.0 Å². The molecule has 0 amide bonds. The van der Waals surface area contributed by atoms with Gasteiger partial charge in [-0.2, -0.15) is 16.6 Å². The van der Waals surface area contributed by atoms with Crippen molar-refractivity contribution in [2.45, 2.75) is 0 Å². The molecule has 3 rings (SSSR count). The second-order valence-corrected chi connectivity index (χ2v) is 5.61. The molecule has 3 nitrogen and oxygen atoms in total. The molecule has 0 N–H and O–H groups in total. The lowest BCUT2D eigenvalue weighted by molar-refractivity contribution is 1.28. The Morgan fingerprint density at radius 3 is 2.90 bits per heavy atom. The van der Waals surface area contributed by atoms with E-state index in [9.17, 15) is 5.26 Å². The van der Waals surface area contributed by atoms with E-state index in [0.717, 1.165) is 16.3 Å². The molecule has 0 bridgehead atoms. The van der Waals surface area contributed by atoms with Crippen LogP contribution in [0.15, 0.2) is 46.6 Å². The molecule has 20 heavy (non-hydrogen) atoms. The highest BCUT2D eigenvalue weighted by atomic mass is 32.1. The zero-order valence-electron chi connectivity index (χ0n) is 10.4. The molecule has 0 aromatic carbocycles. The molecular weight excluding hydrogens is 286 g/mol. The van der Waals surface area contributed by atoms with E-state index in [1.165, 1.54) is 0 Å². The van der Waals surface area contributed by atoms with Gasteiger partial charge in [0.15, 0.2) is 0 Å². The largest absolute Gasteiger partial charge is 0.256 e. The minimum absolute atomic E-state index is 0.521. The number of allylic oxidation sites excluding steroid dienone is 1. The number of nitrogens with zero attached hydrogens (tertiary/aromatic N) is 3. The summed E-state index contributed by atoms with van der Waals surface area (Å²) in [6.45, 7) is 0. The van der Waals surface area contributed by atoms with Crippen LogP contribution in [-0.2, 0) is 0 Å². The first-order valence-electron chi connectivity index (χ1n) is 5.88. The predicted molar refractivity (Wildman–Crippen MR) is 83.1 cm³/mol. The number of hydrogen-bond donors (Lipinski definition) is 0. The fourth-order valence-electron chi connectivity index (χ4n) is 1.70. The number of thiazole rings is 1. The van der Waals surface area contributed by atoms with E-state index in [1.807, 2.05) is 35.0 Å². The van der Waals surface area contributed by atoms with Crippen LogP contribution in [0, 0.1) is 11.3 Å². The summed E-state index contributed by atoms with van der Waals surface area (Å²) in [6.07, 6.45) is 3.45. The van der Waals surface area contributed by atoms with Crippen LogP contribution in [0.1, 0.15) is 11.4 Å². The molecule has 3 aromatic rings. The van der Waals surface area contributed by atoms with Gasteiger partial charge in [-0.15, -0.1) is 11.3 Å². The number of thiophene rings is 1. The van der Waals surface area contributed by atoms with E-state index in [0.29, 0.717) is 11.3 Å². The van der Waals surface area contributed by atoms with Gasteiger partial charge < -0.3 is 0 Å². The maximum absolute atomic E-state index is 9.25. The molecule has 3 heterocycles. The fourth-order valence-corrected chi connectivity index (χ4v) is 3.19. The van der Waals surface area contributed by atoms with Gasteiger partial charge in [-0.05, 0) is 29.7 Å². The standard InChI is InChI=1S/C15H9N3S2/c16-8-12(14-3-1-2-5-17-14)7-13-10-20-15(18-13)11-4-6-19-9-11/h1-7,9-10H. The van der Waals surface area contributed by atoms with Crippen LogP contribution in [0.5, 0.6) is 0 Å². The van der Waals surface area contributed by atoms with Crippen molar-refractivity contribution in [1.82, 2.24) is 9.97 Å². The van der Waals surface area contributed by atoms with E-state index in [2.05, 4.69) is 21.4 Å². The molecule has 0 saturated carbocycles. The topological polar surface area (TPSA) is 49.6 Å². The summed E-state index contributed by atoms with van der Waals surface area (Å²) in [4.78, 5) is 8.73. The Kier molecular flexibility index (Phi) is 3.68. The van der Waals surface area contributed by atoms with Crippen LogP contribution >= 0.6 is 22.7 Å². The number of pyridine rings is 1. The van der Waals surface area contributed by atoms with E-state index in [-0.39, 0.29) is 0 Å². The van der Waals surface area contributed by atoms with E-state index in [4.69, 9.17) is 0 Å². The molecule has 0 aliphatic carbocycles. The number of rotatable bonds is 3. The predicted octanol–water partition coefficient (Wildman–Crippen LogP) is 4.33. The maximum Gasteiger partial charge on any atom is 0.124 e. The second kappa shape index (κ2) is 5.78. The van der Waals surface area contributed by atoms with E-state index >= 15 is 0 Å². The SMILES string of the molecule is N#CC(=Cc1csc(-c2ccsc2)n1)c1ccccn1. The van der Waals surface area contributed by atoms with Crippen LogP contribution in [-0.4, -0.2) is 9.97 Å². The average molecular weight is 295 g/mol. The van der Waals surface area contributed by atoms with Gasteiger partial charge >= 0.3 is 0 Å². The Labute approximate surface area is 124 Å². The smallest absolute Gasteiger partial charge is 0.124 e. The van der Waals surface area contributed by atoms with Gasteiger partial charge in [0, 0.05) is 22.5 Å².